The van der Waals surface area contributed by atoms with Gasteiger partial charge in [-0.15, -0.1) is 0 Å². The van der Waals surface area contributed by atoms with Crippen molar-refractivity contribution in [1.29, 1.82) is 0 Å². The number of piperazine rings is 1. The first-order valence-electron chi connectivity index (χ1n) is 10.1. The lowest BCUT2D eigenvalue weighted by molar-refractivity contribution is -0.138. The van der Waals surface area contributed by atoms with Gasteiger partial charge in [0, 0.05) is 44.8 Å². The van der Waals surface area contributed by atoms with Crippen LogP contribution in [-0.2, 0) is 6.54 Å². The van der Waals surface area contributed by atoms with E-state index >= 15 is 0 Å². The summed E-state index contributed by atoms with van der Waals surface area (Å²) < 4.78 is 43.0. The summed E-state index contributed by atoms with van der Waals surface area (Å²) in [5.74, 6) is 0.888. The molecule has 1 saturated heterocycles. The van der Waals surface area contributed by atoms with Gasteiger partial charge in [-0.2, -0.15) is 13.2 Å². The second kappa shape index (κ2) is 10.3. The van der Waals surface area contributed by atoms with Crippen molar-refractivity contribution in [2.45, 2.75) is 52.8 Å². The minimum absolute atomic E-state index is 0.0926. The fraction of sp³-hybridized carbons (Fsp3) is 0.636. The summed E-state index contributed by atoms with van der Waals surface area (Å²) in [5, 5.41) is 0. The molecule has 0 spiro atoms. The number of hydrogen-bond donors (Lipinski definition) is 0. The molecule has 0 N–H and O–H groups in total. The number of halogens is 3. The molecule has 1 aromatic rings. The van der Waals surface area contributed by atoms with Crippen molar-refractivity contribution in [3.8, 4) is 5.75 Å². The predicted octanol–water partition coefficient (Wildman–Crippen LogP) is 5.20. The summed E-state index contributed by atoms with van der Waals surface area (Å²) in [4.78, 5) is 4.22. The Morgan fingerprint density at radius 2 is 1.75 bits per heavy atom. The molecule has 28 heavy (non-hydrogen) atoms. The van der Waals surface area contributed by atoms with E-state index in [0.717, 1.165) is 38.2 Å². The molecule has 1 aliphatic rings. The van der Waals surface area contributed by atoms with Crippen LogP contribution in [0.5, 0.6) is 5.75 Å². The molecule has 1 heterocycles. The molecule has 1 aromatic carbocycles. The van der Waals surface area contributed by atoms with Crippen molar-refractivity contribution < 1.29 is 17.9 Å². The van der Waals surface area contributed by atoms with Crippen LogP contribution in [0, 0.1) is 13.8 Å². The number of unbranched alkanes of at least 4 members (excludes halogenated alkanes) is 1. The molecule has 0 amide bonds. The van der Waals surface area contributed by atoms with Gasteiger partial charge >= 0.3 is 6.18 Å². The van der Waals surface area contributed by atoms with Crippen LogP contribution in [0.1, 0.15) is 48.4 Å². The quantitative estimate of drug-likeness (QED) is 0.599. The van der Waals surface area contributed by atoms with Crippen molar-refractivity contribution in [1.82, 2.24) is 9.80 Å². The number of hydrogen-bond acceptors (Lipinski definition) is 3. The van der Waals surface area contributed by atoms with Gasteiger partial charge in [-0.05, 0) is 43.0 Å². The van der Waals surface area contributed by atoms with E-state index in [-0.39, 0.29) is 6.54 Å². The van der Waals surface area contributed by atoms with E-state index in [1.807, 2.05) is 4.90 Å². The van der Waals surface area contributed by atoms with Crippen LogP contribution >= 0.6 is 0 Å². The van der Waals surface area contributed by atoms with Crippen LogP contribution < -0.4 is 4.74 Å². The lowest BCUT2D eigenvalue weighted by atomic mass is 9.95. The Balaban J connectivity index is 2.10. The molecule has 3 nitrogen and oxygen atoms in total. The summed E-state index contributed by atoms with van der Waals surface area (Å²) in [6, 6.07) is 2.08. The van der Waals surface area contributed by atoms with Gasteiger partial charge in [0.1, 0.15) is 5.75 Å². The highest BCUT2D eigenvalue weighted by atomic mass is 19.4. The Morgan fingerprint density at radius 3 is 2.32 bits per heavy atom. The normalized spacial score (nSPS) is 16.8. The summed E-state index contributed by atoms with van der Waals surface area (Å²) in [5.41, 5.74) is 4.84. The molecule has 0 unspecified atom stereocenters. The summed E-state index contributed by atoms with van der Waals surface area (Å²) >= 11 is 0. The summed E-state index contributed by atoms with van der Waals surface area (Å²) in [6.07, 6.45) is 1.73. The molecule has 0 bridgehead atoms. The Bertz CT molecular complexity index is 663. The van der Waals surface area contributed by atoms with Gasteiger partial charge in [0.2, 0.25) is 0 Å². The van der Waals surface area contributed by atoms with Crippen molar-refractivity contribution in [3.05, 3.63) is 34.4 Å². The zero-order chi connectivity index (χ0) is 20.7. The lowest BCUT2D eigenvalue weighted by Crippen LogP contribution is -2.46. The highest BCUT2D eigenvalue weighted by Crippen LogP contribution is 2.31. The van der Waals surface area contributed by atoms with Crippen LogP contribution in [0.4, 0.5) is 13.2 Å². The fourth-order valence-corrected chi connectivity index (χ4v) is 3.58. The Labute approximate surface area is 167 Å². The zero-order valence-corrected chi connectivity index (χ0v) is 17.5. The maximum atomic E-state index is 12.4. The van der Waals surface area contributed by atoms with Crippen molar-refractivity contribution in [2.24, 2.45) is 0 Å². The summed E-state index contributed by atoms with van der Waals surface area (Å²) in [6.45, 7) is 10.1. The van der Waals surface area contributed by atoms with Crippen molar-refractivity contribution in [2.75, 3.05) is 39.8 Å². The Morgan fingerprint density at radius 1 is 1.11 bits per heavy atom. The van der Waals surface area contributed by atoms with E-state index in [9.17, 15) is 13.2 Å². The Kier molecular flexibility index (Phi) is 8.38. The molecular weight excluding hydrogens is 365 g/mol. The van der Waals surface area contributed by atoms with Crippen molar-refractivity contribution >= 4 is 6.08 Å². The third-order valence-corrected chi connectivity index (χ3v) is 5.48. The molecule has 1 fully saturated rings. The van der Waals surface area contributed by atoms with Gasteiger partial charge in [-0.25, -0.2) is 0 Å². The van der Waals surface area contributed by atoms with Gasteiger partial charge in [-0.1, -0.05) is 25.5 Å². The predicted molar refractivity (Wildman–Crippen MR) is 109 cm³/mol. The molecule has 6 heteroatoms. The molecule has 0 aliphatic carbocycles. The third kappa shape index (κ3) is 6.52. The van der Waals surface area contributed by atoms with E-state index in [2.05, 4.69) is 43.9 Å². The smallest absolute Gasteiger partial charge is 0.390 e. The number of rotatable bonds is 8. The number of benzene rings is 1. The minimum Gasteiger partial charge on any atom is -0.496 e. The molecule has 0 aromatic heterocycles. The van der Waals surface area contributed by atoms with Gasteiger partial charge in [0.15, 0.2) is 0 Å². The fourth-order valence-electron chi connectivity index (χ4n) is 3.58. The minimum atomic E-state index is -4.08. The number of alkyl halides is 3. The average Bonchev–Trinajstić information content (AvgIpc) is 2.65. The molecule has 0 saturated carbocycles. The average molecular weight is 399 g/mol. The van der Waals surface area contributed by atoms with Crippen LogP contribution in [0.2, 0.25) is 0 Å². The number of ether oxygens (including phenoxy) is 1. The van der Waals surface area contributed by atoms with Crippen LogP contribution in [0.15, 0.2) is 12.1 Å². The molecule has 2 rings (SSSR count). The maximum absolute atomic E-state index is 12.4. The molecule has 1 aliphatic heterocycles. The molecule has 0 atom stereocenters. The van der Waals surface area contributed by atoms with Gasteiger partial charge in [0.25, 0.3) is 0 Å². The van der Waals surface area contributed by atoms with Crippen LogP contribution in [0.3, 0.4) is 0 Å². The van der Waals surface area contributed by atoms with Crippen molar-refractivity contribution in [3.63, 3.8) is 0 Å². The van der Waals surface area contributed by atoms with Gasteiger partial charge in [-0.3, -0.25) is 4.90 Å². The van der Waals surface area contributed by atoms with E-state index in [4.69, 9.17) is 4.74 Å². The number of methoxy groups -OCH3 is 1. The first-order chi connectivity index (χ1) is 13.2. The number of aryl methyl sites for hydroxylation is 1. The molecular formula is C22H33F3N2O. The second-order valence-electron chi connectivity index (χ2n) is 7.59. The second-order valence-corrected chi connectivity index (χ2v) is 7.59. The zero-order valence-electron chi connectivity index (χ0n) is 17.5. The highest BCUT2D eigenvalue weighted by molar-refractivity contribution is 5.63. The monoisotopic (exact) mass is 398 g/mol. The number of nitrogens with zero attached hydrogens (tertiary/aromatic N) is 2. The van der Waals surface area contributed by atoms with Gasteiger partial charge < -0.3 is 9.64 Å². The largest absolute Gasteiger partial charge is 0.496 e. The first kappa shape index (κ1) is 22.8. The van der Waals surface area contributed by atoms with E-state index in [0.29, 0.717) is 13.1 Å². The van der Waals surface area contributed by atoms with E-state index < -0.39 is 12.6 Å². The third-order valence-electron chi connectivity index (χ3n) is 5.48. The van der Waals surface area contributed by atoms with Crippen LogP contribution in [0.25, 0.3) is 6.08 Å². The molecule has 0 radical (unpaired) electrons. The SMILES string of the molecule is CCC/C=C\c1c(C)c(C)cc(OC)c1CN1CCN(CCC(F)(F)F)CC1. The first-order valence-corrected chi connectivity index (χ1v) is 10.1. The molecule has 158 valence electrons. The number of allylic oxidation sites excluding steroid dienone is 1. The van der Waals surface area contributed by atoms with E-state index in [1.165, 1.54) is 22.3 Å². The topological polar surface area (TPSA) is 15.7 Å². The standard InChI is InChI=1S/C22H33F3N2O/c1-5-6-7-8-19-18(3)17(2)15-21(28-4)20(19)16-27-13-11-26(12-14-27)10-9-22(23,24)25/h7-8,15H,5-6,9-14,16H2,1-4H3/b8-7-. The van der Waals surface area contributed by atoms with E-state index in [1.54, 1.807) is 7.11 Å². The van der Waals surface area contributed by atoms with Gasteiger partial charge in [0.05, 0.1) is 13.5 Å². The maximum Gasteiger partial charge on any atom is 0.390 e. The Hall–Kier alpha value is -1.53. The lowest BCUT2D eigenvalue weighted by Gasteiger charge is -2.35. The van der Waals surface area contributed by atoms with Crippen LogP contribution in [-0.4, -0.2) is 55.8 Å². The highest BCUT2D eigenvalue weighted by Gasteiger charge is 2.29. The summed E-state index contributed by atoms with van der Waals surface area (Å²) in [7, 11) is 1.70.